The minimum absolute atomic E-state index is 0.000650. The first-order valence-electron chi connectivity index (χ1n) is 11.7. The molecule has 2 amide bonds. The Morgan fingerprint density at radius 3 is 2.38 bits per heavy atom. The van der Waals surface area contributed by atoms with Crippen LogP contribution in [0.25, 0.3) is 0 Å². The van der Waals surface area contributed by atoms with Crippen molar-refractivity contribution in [3.8, 4) is 0 Å². The van der Waals surface area contributed by atoms with Crippen molar-refractivity contribution in [1.29, 1.82) is 0 Å². The summed E-state index contributed by atoms with van der Waals surface area (Å²) in [4.78, 5) is 27.7. The van der Waals surface area contributed by atoms with Gasteiger partial charge in [0.05, 0.1) is 34.7 Å². The van der Waals surface area contributed by atoms with Crippen molar-refractivity contribution in [3.63, 3.8) is 0 Å². The summed E-state index contributed by atoms with van der Waals surface area (Å²) in [7, 11) is 0. The number of aliphatic hydroxyl groups excluding tert-OH is 1. The number of halogens is 5. The molecule has 39 heavy (non-hydrogen) atoms. The number of anilines is 1. The summed E-state index contributed by atoms with van der Waals surface area (Å²) < 4.78 is 39.2. The van der Waals surface area contributed by atoms with Gasteiger partial charge in [0, 0.05) is 23.7 Å². The van der Waals surface area contributed by atoms with E-state index < -0.39 is 28.6 Å². The molecule has 12 heteroatoms. The fraction of sp³-hybridized carbons (Fsp3) is 0.222. The Hall–Kier alpha value is -3.44. The molecule has 3 rings (SSSR count). The zero-order valence-corrected chi connectivity index (χ0v) is 22.2. The average Bonchev–Trinajstić information content (AvgIpc) is 2.90. The summed E-state index contributed by atoms with van der Waals surface area (Å²) in [6.07, 6.45) is -3.61. The molecule has 0 heterocycles. The number of hydrogen-bond donors (Lipinski definition) is 3. The number of carbonyl (C=O) groups excluding carboxylic acids is 2. The molecule has 0 saturated heterocycles. The van der Waals surface area contributed by atoms with Crippen molar-refractivity contribution in [2.45, 2.75) is 19.6 Å². The van der Waals surface area contributed by atoms with E-state index in [2.05, 4.69) is 20.7 Å². The van der Waals surface area contributed by atoms with Crippen LogP contribution in [0.4, 0.5) is 18.9 Å². The van der Waals surface area contributed by atoms with Crippen LogP contribution in [-0.2, 0) is 12.7 Å². The van der Waals surface area contributed by atoms with Gasteiger partial charge in [-0.05, 0) is 60.1 Å². The second-order valence-electron chi connectivity index (χ2n) is 8.37. The van der Waals surface area contributed by atoms with Gasteiger partial charge in [-0.3, -0.25) is 14.5 Å². The molecular formula is C27H25Cl2F3N4O3. The molecule has 206 valence electrons. The molecule has 0 aliphatic heterocycles. The number of benzene rings is 3. The summed E-state index contributed by atoms with van der Waals surface area (Å²) in [5.74, 6) is -1.21. The van der Waals surface area contributed by atoms with Crippen LogP contribution in [0.3, 0.4) is 0 Å². The number of nitrogens with one attached hydrogen (secondary N) is 2. The Bertz CT molecular complexity index is 1350. The molecule has 0 spiro atoms. The van der Waals surface area contributed by atoms with E-state index in [1.54, 1.807) is 24.3 Å². The van der Waals surface area contributed by atoms with E-state index in [1.165, 1.54) is 24.3 Å². The monoisotopic (exact) mass is 580 g/mol. The van der Waals surface area contributed by atoms with Gasteiger partial charge in [0.15, 0.2) is 0 Å². The first kappa shape index (κ1) is 30.1. The van der Waals surface area contributed by atoms with Crippen molar-refractivity contribution in [2.75, 3.05) is 25.0 Å². The Morgan fingerprint density at radius 2 is 1.74 bits per heavy atom. The molecular weight excluding hydrogens is 556 g/mol. The smallest absolute Gasteiger partial charge is 0.395 e. The Morgan fingerprint density at radius 1 is 1.03 bits per heavy atom. The van der Waals surface area contributed by atoms with Crippen molar-refractivity contribution >= 4 is 46.9 Å². The Balaban J connectivity index is 1.71. The number of rotatable bonds is 10. The number of carbonyl (C=O) groups is 2. The first-order valence-corrected chi connectivity index (χ1v) is 12.5. The van der Waals surface area contributed by atoms with Crippen LogP contribution in [0.15, 0.2) is 65.8 Å². The third kappa shape index (κ3) is 8.52. The van der Waals surface area contributed by atoms with Gasteiger partial charge in [0.2, 0.25) is 0 Å². The van der Waals surface area contributed by atoms with E-state index in [-0.39, 0.29) is 28.4 Å². The molecule has 0 atom stereocenters. The third-order valence-corrected chi connectivity index (χ3v) is 6.20. The van der Waals surface area contributed by atoms with Gasteiger partial charge in [0.25, 0.3) is 11.8 Å². The molecule has 0 unspecified atom stereocenters. The molecule has 3 aromatic carbocycles. The summed E-state index contributed by atoms with van der Waals surface area (Å²) >= 11 is 11.7. The molecule has 0 aliphatic rings. The van der Waals surface area contributed by atoms with Crippen molar-refractivity contribution in [2.24, 2.45) is 5.10 Å². The van der Waals surface area contributed by atoms with Crippen molar-refractivity contribution in [3.05, 3.63) is 98.5 Å². The molecule has 0 radical (unpaired) electrons. The van der Waals surface area contributed by atoms with E-state index in [0.717, 1.165) is 30.5 Å². The lowest BCUT2D eigenvalue weighted by molar-refractivity contribution is -0.137. The fourth-order valence-corrected chi connectivity index (χ4v) is 3.98. The number of amides is 2. The van der Waals surface area contributed by atoms with Gasteiger partial charge in [-0.2, -0.15) is 18.3 Å². The number of aliphatic hydroxyl groups is 1. The minimum atomic E-state index is -4.64. The van der Waals surface area contributed by atoms with E-state index in [1.807, 2.05) is 6.92 Å². The molecule has 7 nitrogen and oxygen atoms in total. The van der Waals surface area contributed by atoms with Crippen LogP contribution in [0.1, 0.15) is 44.3 Å². The number of nitrogens with zero attached hydrogens (tertiary/aromatic N) is 2. The second-order valence-corrected chi connectivity index (χ2v) is 9.21. The van der Waals surface area contributed by atoms with Crippen LogP contribution in [0, 0.1) is 0 Å². The maximum Gasteiger partial charge on any atom is 0.417 e. The van der Waals surface area contributed by atoms with Crippen LogP contribution < -0.4 is 10.7 Å². The first-order chi connectivity index (χ1) is 18.5. The lowest BCUT2D eigenvalue weighted by atomic mass is 10.1. The topological polar surface area (TPSA) is 94.0 Å². The third-order valence-electron chi connectivity index (χ3n) is 5.64. The van der Waals surface area contributed by atoms with Crippen LogP contribution in [0.2, 0.25) is 10.0 Å². The maximum absolute atomic E-state index is 13.1. The SMILES string of the molecule is CCN(CCO)Cc1ccc(C(=O)Nc2ccc(Cl)cc2C(=O)N/N=C\c2ccc(Cl)c(C(F)(F)F)c2)cc1. The summed E-state index contributed by atoms with van der Waals surface area (Å²) in [5.41, 5.74) is 2.74. The van der Waals surface area contributed by atoms with E-state index in [4.69, 9.17) is 28.3 Å². The summed E-state index contributed by atoms with van der Waals surface area (Å²) in [6, 6.07) is 14.4. The van der Waals surface area contributed by atoms with Gasteiger partial charge in [0.1, 0.15) is 0 Å². The number of hydrogen-bond acceptors (Lipinski definition) is 5. The second kappa shape index (κ2) is 13.6. The van der Waals surface area contributed by atoms with Gasteiger partial charge < -0.3 is 10.4 Å². The number of alkyl halides is 3. The molecule has 3 aromatic rings. The zero-order chi connectivity index (χ0) is 28.6. The van der Waals surface area contributed by atoms with E-state index in [0.29, 0.717) is 18.7 Å². The standard InChI is InChI=1S/C27H25Cl2F3N4O3/c1-2-36(11-12-37)16-17-3-6-19(7-4-17)25(38)34-24-10-8-20(28)14-21(24)26(39)35-33-15-18-5-9-23(29)22(13-18)27(30,31)32/h3-10,13-15,37H,2,11-12,16H2,1H3,(H,34,38)(H,35,39)/b33-15-. The number of likely N-dealkylation sites (N-methyl/N-ethyl adjacent to an activating group) is 1. The van der Waals surface area contributed by atoms with Crippen LogP contribution >= 0.6 is 23.2 Å². The Kier molecular flexibility index (Phi) is 10.5. The molecule has 0 bridgehead atoms. The zero-order valence-electron chi connectivity index (χ0n) is 20.7. The highest BCUT2D eigenvalue weighted by atomic mass is 35.5. The van der Waals surface area contributed by atoms with Gasteiger partial charge in [-0.1, -0.05) is 48.3 Å². The average molecular weight is 581 g/mol. The maximum atomic E-state index is 13.1. The minimum Gasteiger partial charge on any atom is -0.395 e. The predicted octanol–water partition coefficient (Wildman–Crippen LogP) is 5.84. The molecule has 0 aromatic heterocycles. The quantitative estimate of drug-likeness (QED) is 0.207. The van der Waals surface area contributed by atoms with E-state index >= 15 is 0 Å². The molecule has 0 fully saturated rings. The number of hydrazone groups is 1. The summed E-state index contributed by atoms with van der Waals surface area (Å²) in [6.45, 7) is 3.97. The molecule has 0 saturated carbocycles. The van der Waals surface area contributed by atoms with Gasteiger partial charge in [-0.25, -0.2) is 5.43 Å². The van der Waals surface area contributed by atoms with Crippen molar-refractivity contribution in [1.82, 2.24) is 10.3 Å². The van der Waals surface area contributed by atoms with Gasteiger partial charge in [-0.15, -0.1) is 0 Å². The molecule has 3 N–H and O–H groups in total. The normalized spacial score (nSPS) is 11.7. The van der Waals surface area contributed by atoms with E-state index in [9.17, 15) is 22.8 Å². The highest BCUT2D eigenvalue weighted by Gasteiger charge is 2.33. The highest BCUT2D eigenvalue weighted by Crippen LogP contribution is 2.34. The lowest BCUT2D eigenvalue weighted by Gasteiger charge is -2.19. The highest BCUT2D eigenvalue weighted by molar-refractivity contribution is 6.31. The van der Waals surface area contributed by atoms with Crippen LogP contribution in [-0.4, -0.2) is 47.7 Å². The largest absolute Gasteiger partial charge is 0.417 e. The summed E-state index contributed by atoms with van der Waals surface area (Å²) in [5, 5.41) is 15.3. The Labute approximate surface area is 233 Å². The lowest BCUT2D eigenvalue weighted by Crippen LogP contribution is -2.26. The van der Waals surface area contributed by atoms with Crippen molar-refractivity contribution < 1.29 is 27.9 Å². The van der Waals surface area contributed by atoms with Crippen LogP contribution in [0.5, 0.6) is 0 Å². The van der Waals surface area contributed by atoms with Gasteiger partial charge >= 0.3 is 6.18 Å². The predicted molar refractivity (Wildman–Crippen MR) is 145 cm³/mol. The fourth-order valence-electron chi connectivity index (χ4n) is 3.58. The molecule has 0 aliphatic carbocycles.